The van der Waals surface area contributed by atoms with Crippen LogP contribution in [-0.2, 0) is 16.1 Å². The summed E-state index contributed by atoms with van der Waals surface area (Å²) in [6.45, 7) is 5.05. The molecule has 0 saturated heterocycles. The van der Waals surface area contributed by atoms with Gasteiger partial charge in [-0.2, -0.15) is 0 Å². The van der Waals surface area contributed by atoms with Crippen molar-refractivity contribution in [1.29, 1.82) is 0 Å². The van der Waals surface area contributed by atoms with E-state index in [-0.39, 0.29) is 11.8 Å². The van der Waals surface area contributed by atoms with Crippen LogP contribution in [0.3, 0.4) is 0 Å². The standard InChI is InChI=1S/C12H16ClNO2/c1-3-16-8-10-5-4-9(2)6-11(10)14-12(15)7-13/h4-6H,3,7-8H2,1-2H3,(H,14,15). The zero-order valence-electron chi connectivity index (χ0n) is 9.55. The van der Waals surface area contributed by atoms with Gasteiger partial charge in [0.15, 0.2) is 0 Å². The van der Waals surface area contributed by atoms with Crippen LogP contribution in [0.4, 0.5) is 5.69 Å². The van der Waals surface area contributed by atoms with Gasteiger partial charge in [-0.3, -0.25) is 4.79 Å². The Morgan fingerprint density at radius 2 is 2.25 bits per heavy atom. The topological polar surface area (TPSA) is 38.3 Å². The van der Waals surface area contributed by atoms with Crippen molar-refractivity contribution in [2.45, 2.75) is 20.5 Å². The van der Waals surface area contributed by atoms with Crippen molar-refractivity contribution in [3.8, 4) is 0 Å². The molecular weight excluding hydrogens is 226 g/mol. The van der Waals surface area contributed by atoms with E-state index in [9.17, 15) is 4.79 Å². The minimum absolute atomic E-state index is 0.0397. The van der Waals surface area contributed by atoms with Gasteiger partial charge in [0, 0.05) is 17.9 Å². The summed E-state index contributed by atoms with van der Waals surface area (Å²) in [7, 11) is 0. The number of nitrogens with one attached hydrogen (secondary N) is 1. The quantitative estimate of drug-likeness (QED) is 0.805. The fourth-order valence-electron chi connectivity index (χ4n) is 1.33. The number of alkyl halides is 1. The normalized spacial score (nSPS) is 10.2. The van der Waals surface area contributed by atoms with Crippen molar-refractivity contribution in [3.63, 3.8) is 0 Å². The third kappa shape index (κ3) is 3.83. The van der Waals surface area contributed by atoms with Gasteiger partial charge in [0.25, 0.3) is 0 Å². The van der Waals surface area contributed by atoms with E-state index in [0.717, 1.165) is 16.8 Å². The number of hydrogen-bond donors (Lipinski definition) is 1. The fraction of sp³-hybridized carbons (Fsp3) is 0.417. The lowest BCUT2D eigenvalue weighted by Gasteiger charge is -2.11. The molecule has 16 heavy (non-hydrogen) atoms. The Morgan fingerprint density at radius 3 is 2.88 bits per heavy atom. The van der Waals surface area contributed by atoms with E-state index < -0.39 is 0 Å². The molecule has 0 heterocycles. The van der Waals surface area contributed by atoms with Gasteiger partial charge in [0.1, 0.15) is 5.88 Å². The maximum atomic E-state index is 11.2. The molecule has 0 aromatic heterocycles. The van der Waals surface area contributed by atoms with Crippen molar-refractivity contribution in [2.75, 3.05) is 17.8 Å². The molecule has 88 valence electrons. The monoisotopic (exact) mass is 241 g/mol. The molecule has 0 aliphatic rings. The molecular formula is C12H16ClNO2. The fourth-order valence-corrected chi connectivity index (χ4v) is 1.39. The van der Waals surface area contributed by atoms with Crippen LogP contribution in [0.15, 0.2) is 18.2 Å². The van der Waals surface area contributed by atoms with Crippen molar-refractivity contribution in [1.82, 2.24) is 0 Å². The van der Waals surface area contributed by atoms with Crippen molar-refractivity contribution >= 4 is 23.2 Å². The van der Waals surface area contributed by atoms with Crippen LogP contribution < -0.4 is 5.32 Å². The van der Waals surface area contributed by atoms with E-state index in [4.69, 9.17) is 16.3 Å². The molecule has 1 aromatic carbocycles. The van der Waals surface area contributed by atoms with E-state index in [0.29, 0.717) is 13.2 Å². The molecule has 0 radical (unpaired) electrons. The number of benzene rings is 1. The zero-order valence-corrected chi connectivity index (χ0v) is 10.3. The molecule has 0 atom stereocenters. The second kappa shape index (κ2) is 6.51. The van der Waals surface area contributed by atoms with Crippen LogP contribution in [-0.4, -0.2) is 18.4 Å². The molecule has 3 nitrogen and oxygen atoms in total. The van der Waals surface area contributed by atoms with Crippen LogP contribution in [0.25, 0.3) is 0 Å². The number of rotatable bonds is 5. The Morgan fingerprint density at radius 1 is 1.50 bits per heavy atom. The van der Waals surface area contributed by atoms with Crippen molar-refractivity contribution in [2.24, 2.45) is 0 Å². The van der Waals surface area contributed by atoms with Crippen LogP contribution in [0.1, 0.15) is 18.1 Å². The Labute approximate surface area is 101 Å². The van der Waals surface area contributed by atoms with Gasteiger partial charge in [0.05, 0.1) is 6.61 Å². The van der Waals surface area contributed by atoms with Gasteiger partial charge >= 0.3 is 0 Å². The van der Waals surface area contributed by atoms with Gasteiger partial charge in [-0.25, -0.2) is 0 Å². The Bertz CT molecular complexity index is 366. The summed E-state index contributed by atoms with van der Waals surface area (Å²) < 4.78 is 5.33. The SMILES string of the molecule is CCOCc1ccc(C)cc1NC(=O)CCl. The largest absolute Gasteiger partial charge is 0.377 e. The van der Waals surface area contributed by atoms with Crippen LogP contribution in [0, 0.1) is 6.92 Å². The average Bonchev–Trinajstić information content (AvgIpc) is 2.28. The lowest BCUT2D eigenvalue weighted by Crippen LogP contribution is -2.14. The molecule has 1 amide bonds. The highest BCUT2D eigenvalue weighted by atomic mass is 35.5. The van der Waals surface area contributed by atoms with Crippen LogP contribution in [0.5, 0.6) is 0 Å². The third-order valence-corrected chi connectivity index (χ3v) is 2.37. The summed E-state index contributed by atoms with van der Waals surface area (Å²) in [5, 5.41) is 2.76. The summed E-state index contributed by atoms with van der Waals surface area (Å²) in [5.74, 6) is -0.243. The number of ether oxygens (including phenoxy) is 1. The molecule has 0 aliphatic carbocycles. The van der Waals surface area contributed by atoms with Gasteiger partial charge in [-0.05, 0) is 25.5 Å². The first-order valence-electron chi connectivity index (χ1n) is 5.20. The van der Waals surface area contributed by atoms with Gasteiger partial charge < -0.3 is 10.1 Å². The maximum Gasteiger partial charge on any atom is 0.239 e. The van der Waals surface area contributed by atoms with E-state index in [2.05, 4.69) is 5.32 Å². The Kier molecular flexibility index (Phi) is 5.29. The van der Waals surface area contributed by atoms with Crippen LogP contribution in [0.2, 0.25) is 0 Å². The Hall–Kier alpha value is -1.06. The summed E-state index contributed by atoms with van der Waals surface area (Å²) in [5.41, 5.74) is 2.83. The lowest BCUT2D eigenvalue weighted by atomic mass is 10.1. The summed E-state index contributed by atoms with van der Waals surface area (Å²) in [6.07, 6.45) is 0. The number of carbonyl (C=O) groups excluding carboxylic acids is 1. The molecule has 1 N–H and O–H groups in total. The van der Waals surface area contributed by atoms with E-state index in [1.165, 1.54) is 0 Å². The third-order valence-electron chi connectivity index (χ3n) is 2.12. The highest BCUT2D eigenvalue weighted by molar-refractivity contribution is 6.29. The first-order valence-corrected chi connectivity index (χ1v) is 5.74. The average molecular weight is 242 g/mol. The number of aryl methyl sites for hydroxylation is 1. The van der Waals surface area contributed by atoms with Crippen molar-refractivity contribution in [3.05, 3.63) is 29.3 Å². The summed E-state index contributed by atoms with van der Waals surface area (Å²) in [6, 6.07) is 5.86. The number of amides is 1. The second-order valence-electron chi connectivity index (χ2n) is 3.48. The van der Waals surface area contributed by atoms with E-state index in [1.807, 2.05) is 32.0 Å². The summed E-state index contributed by atoms with van der Waals surface area (Å²) in [4.78, 5) is 11.2. The number of carbonyl (C=O) groups is 1. The molecule has 0 fully saturated rings. The highest BCUT2D eigenvalue weighted by Crippen LogP contribution is 2.18. The molecule has 0 unspecified atom stereocenters. The van der Waals surface area contributed by atoms with Crippen LogP contribution >= 0.6 is 11.6 Å². The highest BCUT2D eigenvalue weighted by Gasteiger charge is 2.06. The zero-order chi connectivity index (χ0) is 12.0. The molecule has 4 heteroatoms. The molecule has 0 saturated carbocycles. The predicted molar refractivity (Wildman–Crippen MR) is 65.9 cm³/mol. The minimum atomic E-state index is -0.204. The molecule has 0 aliphatic heterocycles. The first-order chi connectivity index (χ1) is 7.67. The molecule has 1 aromatic rings. The van der Waals surface area contributed by atoms with Gasteiger partial charge in [-0.1, -0.05) is 12.1 Å². The lowest BCUT2D eigenvalue weighted by molar-refractivity contribution is -0.113. The molecule has 0 bridgehead atoms. The summed E-state index contributed by atoms with van der Waals surface area (Å²) >= 11 is 5.46. The van der Waals surface area contributed by atoms with Gasteiger partial charge in [0.2, 0.25) is 5.91 Å². The number of hydrogen-bond acceptors (Lipinski definition) is 2. The molecule has 1 rings (SSSR count). The number of halogens is 1. The smallest absolute Gasteiger partial charge is 0.239 e. The number of anilines is 1. The second-order valence-corrected chi connectivity index (χ2v) is 3.75. The maximum absolute atomic E-state index is 11.2. The predicted octanol–water partition coefficient (Wildman–Crippen LogP) is 2.71. The van der Waals surface area contributed by atoms with E-state index >= 15 is 0 Å². The van der Waals surface area contributed by atoms with Crippen molar-refractivity contribution < 1.29 is 9.53 Å². The van der Waals surface area contributed by atoms with E-state index in [1.54, 1.807) is 0 Å². The first kappa shape index (κ1) is 13.0. The van der Waals surface area contributed by atoms with Gasteiger partial charge in [-0.15, -0.1) is 11.6 Å². The minimum Gasteiger partial charge on any atom is -0.377 e. The Balaban J connectivity index is 2.84. The molecule has 0 spiro atoms.